The maximum atomic E-state index is 12.8. The number of fused-ring (bicyclic) bond motifs is 2. The molecule has 25 heavy (non-hydrogen) atoms. The SMILES string of the molecule is CCOC(=O)[C@H]1[C@H](C(=O)N[C@H](CO)Cc2ccccc2)[C@@H]2C=C[C@H]1C2. The van der Waals surface area contributed by atoms with E-state index in [1.165, 1.54) is 0 Å². The topological polar surface area (TPSA) is 75.6 Å². The van der Waals surface area contributed by atoms with Crippen LogP contribution >= 0.6 is 0 Å². The standard InChI is InChI=1S/C20H25NO4/c1-2-25-20(24)18-15-9-8-14(11-15)17(18)19(23)21-16(12-22)10-13-6-4-3-5-7-13/h3-9,14-18,22H,2,10-12H2,1H3,(H,21,23)/t14-,15+,16+,17-,18-/m1/s1. The average molecular weight is 343 g/mol. The van der Waals surface area contributed by atoms with Gasteiger partial charge in [-0.05, 0) is 37.2 Å². The summed E-state index contributed by atoms with van der Waals surface area (Å²) >= 11 is 0. The van der Waals surface area contributed by atoms with E-state index in [4.69, 9.17) is 4.74 Å². The summed E-state index contributed by atoms with van der Waals surface area (Å²) < 4.78 is 5.18. The predicted octanol–water partition coefficient (Wildman–Crippen LogP) is 1.71. The number of amides is 1. The lowest BCUT2D eigenvalue weighted by molar-refractivity contribution is -0.153. The lowest BCUT2D eigenvalue weighted by Crippen LogP contribution is -2.46. The first-order valence-corrected chi connectivity index (χ1v) is 8.94. The largest absolute Gasteiger partial charge is 0.466 e. The molecule has 2 N–H and O–H groups in total. The summed E-state index contributed by atoms with van der Waals surface area (Å²) in [6.07, 6.45) is 5.45. The van der Waals surface area contributed by atoms with Crippen LogP contribution in [0.1, 0.15) is 18.9 Å². The zero-order chi connectivity index (χ0) is 17.8. The molecule has 0 unspecified atom stereocenters. The molecule has 1 aromatic rings. The molecule has 1 amide bonds. The highest BCUT2D eigenvalue weighted by molar-refractivity contribution is 5.87. The molecule has 5 heteroatoms. The molecule has 3 rings (SSSR count). The van der Waals surface area contributed by atoms with Crippen LogP contribution in [0.3, 0.4) is 0 Å². The summed E-state index contributed by atoms with van der Waals surface area (Å²) in [6, 6.07) is 9.38. The zero-order valence-corrected chi connectivity index (χ0v) is 14.4. The Morgan fingerprint density at radius 1 is 1.20 bits per heavy atom. The summed E-state index contributed by atoms with van der Waals surface area (Å²) in [4.78, 5) is 25.2. The van der Waals surface area contributed by atoms with Crippen molar-refractivity contribution in [3.63, 3.8) is 0 Å². The minimum atomic E-state index is -0.411. The molecular formula is C20H25NO4. The molecule has 2 bridgehead atoms. The van der Waals surface area contributed by atoms with Gasteiger partial charge in [0.15, 0.2) is 0 Å². The monoisotopic (exact) mass is 343 g/mol. The van der Waals surface area contributed by atoms with Crippen molar-refractivity contribution in [2.75, 3.05) is 13.2 Å². The maximum Gasteiger partial charge on any atom is 0.310 e. The number of nitrogens with one attached hydrogen (secondary N) is 1. The molecule has 0 spiro atoms. The van der Waals surface area contributed by atoms with Gasteiger partial charge < -0.3 is 15.2 Å². The first-order valence-electron chi connectivity index (χ1n) is 8.94. The third kappa shape index (κ3) is 3.76. The average Bonchev–Trinajstić information content (AvgIpc) is 3.23. The molecule has 5 atom stereocenters. The molecule has 0 aliphatic heterocycles. The molecule has 1 aromatic carbocycles. The number of aliphatic hydroxyl groups excluding tert-OH is 1. The molecule has 0 radical (unpaired) electrons. The number of hydrogen-bond donors (Lipinski definition) is 2. The molecule has 2 aliphatic carbocycles. The number of allylic oxidation sites excluding steroid dienone is 2. The van der Waals surface area contributed by atoms with Gasteiger partial charge in [0.05, 0.1) is 31.1 Å². The fourth-order valence-corrected chi connectivity index (χ4v) is 4.10. The highest BCUT2D eigenvalue weighted by atomic mass is 16.5. The quantitative estimate of drug-likeness (QED) is 0.584. The van der Waals surface area contributed by atoms with Crippen LogP contribution in [0.25, 0.3) is 0 Å². The molecule has 134 valence electrons. The van der Waals surface area contributed by atoms with E-state index < -0.39 is 11.8 Å². The molecule has 2 aliphatic rings. The van der Waals surface area contributed by atoms with Gasteiger partial charge >= 0.3 is 5.97 Å². The number of esters is 1. The van der Waals surface area contributed by atoms with Crippen LogP contribution < -0.4 is 5.32 Å². The molecule has 0 heterocycles. The Balaban J connectivity index is 1.68. The Labute approximate surface area is 148 Å². The van der Waals surface area contributed by atoms with Gasteiger partial charge in [-0.1, -0.05) is 42.5 Å². The van der Waals surface area contributed by atoms with Crippen LogP contribution in [0, 0.1) is 23.7 Å². The van der Waals surface area contributed by atoms with Gasteiger partial charge in [-0.25, -0.2) is 0 Å². The van der Waals surface area contributed by atoms with Crippen molar-refractivity contribution in [1.29, 1.82) is 0 Å². The van der Waals surface area contributed by atoms with Gasteiger partial charge in [0.2, 0.25) is 5.91 Å². The Kier molecular flexibility index (Phi) is 5.53. The van der Waals surface area contributed by atoms with Crippen LogP contribution in [0.5, 0.6) is 0 Å². The lowest BCUT2D eigenvalue weighted by Gasteiger charge is -2.27. The van der Waals surface area contributed by atoms with Crippen LogP contribution in [0.2, 0.25) is 0 Å². The predicted molar refractivity (Wildman–Crippen MR) is 93.5 cm³/mol. The highest BCUT2D eigenvalue weighted by Gasteiger charge is 2.52. The lowest BCUT2D eigenvalue weighted by atomic mass is 9.82. The molecule has 5 nitrogen and oxygen atoms in total. The van der Waals surface area contributed by atoms with Crippen molar-refractivity contribution in [2.24, 2.45) is 23.7 Å². The van der Waals surface area contributed by atoms with Crippen LogP contribution in [-0.2, 0) is 20.7 Å². The molecule has 1 saturated carbocycles. The number of ether oxygens (including phenoxy) is 1. The van der Waals surface area contributed by atoms with Gasteiger partial charge in [0, 0.05) is 0 Å². The second kappa shape index (κ2) is 7.83. The van der Waals surface area contributed by atoms with E-state index in [2.05, 4.69) is 5.32 Å². The Morgan fingerprint density at radius 2 is 1.88 bits per heavy atom. The number of carbonyl (C=O) groups excluding carboxylic acids is 2. The maximum absolute atomic E-state index is 12.8. The summed E-state index contributed by atoms with van der Waals surface area (Å²) in [7, 11) is 0. The van der Waals surface area contributed by atoms with Crippen molar-refractivity contribution >= 4 is 11.9 Å². The van der Waals surface area contributed by atoms with E-state index in [0.29, 0.717) is 13.0 Å². The van der Waals surface area contributed by atoms with Gasteiger partial charge in [-0.15, -0.1) is 0 Å². The number of hydrogen-bond acceptors (Lipinski definition) is 4. The molecule has 0 aromatic heterocycles. The zero-order valence-electron chi connectivity index (χ0n) is 14.4. The van der Waals surface area contributed by atoms with Crippen molar-refractivity contribution in [3.05, 3.63) is 48.0 Å². The number of benzene rings is 1. The van der Waals surface area contributed by atoms with E-state index in [-0.39, 0.29) is 36.4 Å². The molecule has 0 saturated heterocycles. The Morgan fingerprint density at radius 3 is 2.52 bits per heavy atom. The van der Waals surface area contributed by atoms with Crippen molar-refractivity contribution in [2.45, 2.75) is 25.8 Å². The Bertz CT molecular complexity index is 642. The fraction of sp³-hybridized carbons (Fsp3) is 0.500. The molecule has 1 fully saturated rings. The van der Waals surface area contributed by atoms with Crippen LogP contribution in [-0.4, -0.2) is 36.2 Å². The van der Waals surface area contributed by atoms with E-state index in [1.807, 2.05) is 42.5 Å². The first-order chi connectivity index (χ1) is 12.1. The van der Waals surface area contributed by atoms with E-state index in [1.54, 1.807) is 6.92 Å². The number of rotatable bonds is 7. The summed E-state index contributed by atoms with van der Waals surface area (Å²) in [5.41, 5.74) is 1.05. The molecular weight excluding hydrogens is 318 g/mol. The fourth-order valence-electron chi connectivity index (χ4n) is 4.10. The third-order valence-electron chi connectivity index (χ3n) is 5.21. The summed E-state index contributed by atoms with van der Waals surface area (Å²) in [6.45, 7) is 1.96. The number of aliphatic hydroxyl groups is 1. The van der Waals surface area contributed by atoms with E-state index in [0.717, 1.165) is 12.0 Å². The van der Waals surface area contributed by atoms with Crippen LogP contribution in [0.15, 0.2) is 42.5 Å². The first kappa shape index (κ1) is 17.7. The minimum Gasteiger partial charge on any atom is -0.466 e. The minimum absolute atomic E-state index is 0.0791. The normalized spacial score (nSPS) is 27.9. The van der Waals surface area contributed by atoms with Gasteiger partial charge in [-0.3, -0.25) is 9.59 Å². The highest BCUT2D eigenvalue weighted by Crippen LogP contribution is 2.48. The second-order valence-corrected chi connectivity index (χ2v) is 6.83. The smallest absolute Gasteiger partial charge is 0.310 e. The van der Waals surface area contributed by atoms with Gasteiger partial charge in [-0.2, -0.15) is 0 Å². The van der Waals surface area contributed by atoms with E-state index in [9.17, 15) is 14.7 Å². The second-order valence-electron chi connectivity index (χ2n) is 6.83. The third-order valence-corrected chi connectivity index (χ3v) is 5.21. The van der Waals surface area contributed by atoms with Crippen LogP contribution in [0.4, 0.5) is 0 Å². The van der Waals surface area contributed by atoms with Crippen molar-refractivity contribution in [3.8, 4) is 0 Å². The Hall–Kier alpha value is -2.14. The summed E-state index contributed by atoms with van der Waals surface area (Å²) in [5.74, 6) is -1.10. The van der Waals surface area contributed by atoms with Gasteiger partial charge in [0.25, 0.3) is 0 Å². The van der Waals surface area contributed by atoms with E-state index >= 15 is 0 Å². The van der Waals surface area contributed by atoms with Crippen molar-refractivity contribution < 1.29 is 19.4 Å². The number of carbonyl (C=O) groups is 2. The summed E-state index contributed by atoms with van der Waals surface area (Å²) in [5, 5.41) is 12.6. The van der Waals surface area contributed by atoms with Crippen molar-refractivity contribution in [1.82, 2.24) is 5.32 Å². The van der Waals surface area contributed by atoms with Gasteiger partial charge in [0.1, 0.15) is 0 Å².